The molecule has 2 fully saturated rings. The second kappa shape index (κ2) is 9.14. The third-order valence-electron chi connectivity index (χ3n) is 7.48. The predicted molar refractivity (Wildman–Crippen MR) is 129 cm³/mol. The van der Waals surface area contributed by atoms with E-state index in [1.807, 2.05) is 13.0 Å². The van der Waals surface area contributed by atoms with Gasteiger partial charge in [-0.3, -0.25) is 4.79 Å². The molecule has 2 N–H and O–H groups in total. The number of piperidine rings is 1. The molecule has 0 radical (unpaired) electrons. The Hall–Kier alpha value is -3.73. The summed E-state index contributed by atoms with van der Waals surface area (Å²) < 4.78 is 21.4. The van der Waals surface area contributed by atoms with Gasteiger partial charge in [0.1, 0.15) is 5.67 Å². The Morgan fingerprint density at radius 3 is 2.60 bits per heavy atom. The zero-order valence-electron chi connectivity index (χ0n) is 19.8. The molecular weight excluding hydrogens is 445 g/mol. The van der Waals surface area contributed by atoms with E-state index in [0.717, 1.165) is 29.5 Å². The van der Waals surface area contributed by atoms with Gasteiger partial charge in [0.25, 0.3) is 5.91 Å². The maximum atomic E-state index is 15.9. The quantitative estimate of drug-likeness (QED) is 0.551. The molecule has 1 aliphatic carbocycles. The molecule has 2 aliphatic rings. The topological polar surface area (TPSA) is 109 Å². The lowest BCUT2D eigenvalue weighted by Gasteiger charge is -2.37. The van der Waals surface area contributed by atoms with Crippen LogP contribution < -0.4 is 5.73 Å². The van der Waals surface area contributed by atoms with Crippen LogP contribution in [-0.2, 0) is 12.1 Å². The number of carbonyl (C=O) groups excluding carboxylic acids is 1. The summed E-state index contributed by atoms with van der Waals surface area (Å²) in [5.74, 6) is 0.580. The normalized spacial score (nSPS) is 17.6. The minimum Gasteiger partial charge on any atom is -0.404 e. The van der Waals surface area contributed by atoms with Crippen molar-refractivity contribution in [1.29, 1.82) is 5.26 Å². The summed E-state index contributed by atoms with van der Waals surface area (Å²) >= 11 is 0. The minimum atomic E-state index is -1.63. The van der Waals surface area contributed by atoms with Crippen molar-refractivity contribution in [1.82, 2.24) is 15.1 Å². The summed E-state index contributed by atoms with van der Waals surface area (Å²) in [4.78, 5) is 15.4. The number of alkyl halides is 1. The van der Waals surface area contributed by atoms with Gasteiger partial charge in [-0.1, -0.05) is 42.7 Å². The van der Waals surface area contributed by atoms with Crippen LogP contribution in [0.1, 0.15) is 77.6 Å². The van der Waals surface area contributed by atoms with Gasteiger partial charge in [0.2, 0.25) is 5.89 Å². The molecule has 0 spiro atoms. The number of nitriles is 1. The number of benzene rings is 2. The monoisotopic (exact) mass is 473 g/mol. The molecule has 0 bridgehead atoms. The van der Waals surface area contributed by atoms with E-state index in [4.69, 9.17) is 10.2 Å². The highest BCUT2D eigenvalue weighted by molar-refractivity contribution is 5.97. The van der Waals surface area contributed by atoms with Gasteiger partial charge in [-0.15, -0.1) is 5.10 Å². The molecule has 1 amide bonds. The van der Waals surface area contributed by atoms with Gasteiger partial charge in [-0.25, -0.2) is 4.39 Å². The molecule has 180 valence electrons. The number of amides is 1. The van der Waals surface area contributed by atoms with Gasteiger partial charge < -0.3 is 15.1 Å². The number of anilines is 1. The molecule has 0 atom stereocenters. The Morgan fingerprint density at radius 2 is 2.00 bits per heavy atom. The van der Waals surface area contributed by atoms with Gasteiger partial charge in [0.15, 0.2) is 0 Å². The van der Waals surface area contributed by atoms with E-state index in [-0.39, 0.29) is 37.9 Å². The average Bonchev–Trinajstić information content (AvgIpc) is 3.28. The number of aryl methyl sites for hydroxylation is 1. The Kier molecular flexibility index (Phi) is 6.01. The van der Waals surface area contributed by atoms with Gasteiger partial charge in [-0.05, 0) is 48.4 Å². The molecule has 5 rings (SSSR count). The van der Waals surface area contributed by atoms with Gasteiger partial charge in [-0.2, -0.15) is 5.26 Å². The number of aromatic nitrogens is 2. The first kappa shape index (κ1) is 23.0. The smallest absolute Gasteiger partial charge is 0.313 e. The number of nitrogens with zero attached hydrogens (tertiary/aromatic N) is 4. The highest BCUT2D eigenvalue weighted by Crippen LogP contribution is 2.43. The van der Waals surface area contributed by atoms with Gasteiger partial charge in [0.05, 0.1) is 11.6 Å². The van der Waals surface area contributed by atoms with Crippen molar-refractivity contribution in [3.8, 4) is 17.5 Å². The van der Waals surface area contributed by atoms with E-state index in [9.17, 15) is 10.1 Å². The van der Waals surface area contributed by atoms with Crippen LogP contribution in [-0.4, -0.2) is 34.1 Å². The van der Waals surface area contributed by atoms with Crippen molar-refractivity contribution in [2.45, 2.75) is 57.0 Å². The van der Waals surface area contributed by atoms with E-state index in [0.29, 0.717) is 34.9 Å². The molecule has 35 heavy (non-hydrogen) atoms. The summed E-state index contributed by atoms with van der Waals surface area (Å²) in [7, 11) is 0. The predicted octanol–water partition coefficient (Wildman–Crippen LogP) is 5.12. The molecule has 2 heterocycles. The Labute approximate surface area is 203 Å². The van der Waals surface area contributed by atoms with E-state index >= 15 is 4.39 Å². The molecule has 2 aromatic carbocycles. The molecule has 7 nitrogen and oxygen atoms in total. The number of rotatable bonds is 5. The Bertz CT molecular complexity index is 1300. The SMILES string of the molecule is CCc1cc(C2CCC2)c(-c2nnc(N)o2)cc1C(=O)N1CCC(F)(c2ccccc2C#N)CC1. The summed E-state index contributed by atoms with van der Waals surface area (Å²) in [6.45, 7) is 2.57. The van der Waals surface area contributed by atoms with Gasteiger partial charge >= 0.3 is 6.01 Å². The summed E-state index contributed by atoms with van der Waals surface area (Å²) in [6, 6.07) is 12.8. The zero-order chi connectivity index (χ0) is 24.6. The van der Waals surface area contributed by atoms with Gasteiger partial charge in [0, 0.05) is 42.6 Å². The zero-order valence-corrected chi connectivity index (χ0v) is 19.8. The highest BCUT2D eigenvalue weighted by atomic mass is 19.1. The van der Waals surface area contributed by atoms with Crippen LogP contribution in [0.5, 0.6) is 0 Å². The Balaban J connectivity index is 1.44. The molecule has 1 saturated heterocycles. The van der Waals surface area contributed by atoms with Crippen molar-refractivity contribution in [2.24, 2.45) is 0 Å². The van der Waals surface area contributed by atoms with E-state index in [1.165, 1.54) is 6.42 Å². The van der Waals surface area contributed by atoms with Crippen molar-refractivity contribution in [3.05, 3.63) is 64.2 Å². The fourth-order valence-electron chi connectivity index (χ4n) is 5.22. The summed E-state index contributed by atoms with van der Waals surface area (Å²) in [5, 5.41) is 17.3. The van der Waals surface area contributed by atoms with E-state index in [1.54, 1.807) is 29.2 Å². The number of nitrogen functional groups attached to an aromatic ring is 1. The van der Waals surface area contributed by atoms with Crippen LogP contribution >= 0.6 is 0 Å². The molecular formula is C27H28FN5O2. The first-order chi connectivity index (χ1) is 16.9. The average molecular weight is 474 g/mol. The molecule has 1 saturated carbocycles. The fraction of sp³-hybridized carbons (Fsp3) is 0.407. The minimum absolute atomic E-state index is 0.0139. The number of hydrogen-bond donors (Lipinski definition) is 1. The van der Waals surface area contributed by atoms with Crippen LogP contribution in [0.2, 0.25) is 0 Å². The molecule has 1 aliphatic heterocycles. The highest BCUT2D eigenvalue weighted by Gasteiger charge is 2.39. The number of likely N-dealkylation sites (tertiary alicyclic amines) is 1. The third-order valence-corrected chi connectivity index (χ3v) is 7.48. The van der Waals surface area contributed by atoms with E-state index < -0.39 is 5.67 Å². The first-order valence-electron chi connectivity index (χ1n) is 12.2. The molecule has 8 heteroatoms. The lowest BCUT2D eigenvalue weighted by atomic mass is 9.76. The number of halogens is 1. The fourth-order valence-corrected chi connectivity index (χ4v) is 5.22. The lowest BCUT2D eigenvalue weighted by Crippen LogP contribution is -2.43. The maximum absolute atomic E-state index is 15.9. The number of hydrogen-bond acceptors (Lipinski definition) is 6. The molecule has 1 aromatic heterocycles. The standard InChI is InChI=1S/C27H28FN5O2/c1-2-17-14-20(18-7-5-8-18)22(24-31-32-26(30)35-24)15-21(17)25(34)33-12-10-27(28,11-13-33)23-9-4-3-6-19(23)16-29/h3-4,6,9,14-15,18H,2,5,7-8,10-13H2,1H3,(H2,30,32). The summed E-state index contributed by atoms with van der Waals surface area (Å²) in [5.41, 5.74) is 8.20. The number of nitrogens with two attached hydrogens (primary N) is 1. The van der Waals surface area contributed by atoms with Crippen LogP contribution in [0.4, 0.5) is 10.4 Å². The lowest BCUT2D eigenvalue weighted by molar-refractivity contribution is 0.0419. The second-order valence-corrected chi connectivity index (χ2v) is 9.44. The van der Waals surface area contributed by atoms with Crippen LogP contribution in [0.15, 0.2) is 40.8 Å². The second-order valence-electron chi connectivity index (χ2n) is 9.44. The Morgan fingerprint density at radius 1 is 1.26 bits per heavy atom. The first-order valence-corrected chi connectivity index (χ1v) is 12.2. The maximum Gasteiger partial charge on any atom is 0.313 e. The van der Waals surface area contributed by atoms with Crippen LogP contribution in [0, 0.1) is 11.3 Å². The van der Waals surface area contributed by atoms with Crippen molar-refractivity contribution in [2.75, 3.05) is 18.8 Å². The third kappa shape index (κ3) is 4.16. The van der Waals surface area contributed by atoms with Crippen LogP contribution in [0.25, 0.3) is 11.5 Å². The van der Waals surface area contributed by atoms with E-state index in [2.05, 4.69) is 22.3 Å². The summed E-state index contributed by atoms with van der Waals surface area (Å²) in [6.07, 6.45) is 4.33. The van der Waals surface area contributed by atoms with Crippen molar-refractivity contribution < 1.29 is 13.6 Å². The van der Waals surface area contributed by atoms with Crippen molar-refractivity contribution in [3.63, 3.8) is 0 Å². The number of carbonyl (C=O) groups is 1. The largest absolute Gasteiger partial charge is 0.404 e. The van der Waals surface area contributed by atoms with Crippen molar-refractivity contribution >= 4 is 11.9 Å². The van der Waals surface area contributed by atoms with Crippen LogP contribution in [0.3, 0.4) is 0 Å². The molecule has 0 unspecified atom stereocenters. The molecule has 3 aromatic rings.